The second kappa shape index (κ2) is 12.1. The van der Waals surface area contributed by atoms with Gasteiger partial charge in [0.2, 0.25) is 0 Å². The van der Waals surface area contributed by atoms with Gasteiger partial charge >= 0.3 is 17.9 Å². The predicted molar refractivity (Wildman–Crippen MR) is 140 cm³/mol. The number of amides is 1. The molecule has 0 aliphatic rings. The zero-order valence-electron chi connectivity index (χ0n) is 21.1. The average Bonchev–Trinajstić information content (AvgIpc) is 2.95. The molecule has 4 rings (SSSR count). The lowest BCUT2D eigenvalue weighted by atomic mass is 9.96. The Balaban J connectivity index is 1.73. The zero-order chi connectivity index (χ0) is 29.7. The van der Waals surface area contributed by atoms with E-state index in [1.807, 2.05) is 6.07 Å². The summed E-state index contributed by atoms with van der Waals surface area (Å²) < 4.78 is 33.2. The molecule has 4 aromatic rings. The number of hydrogen-bond donors (Lipinski definition) is 3. The Labute approximate surface area is 231 Å². The first kappa shape index (κ1) is 28.4. The Kier molecular flexibility index (Phi) is 8.37. The van der Waals surface area contributed by atoms with Gasteiger partial charge in [-0.2, -0.15) is 0 Å². The molecule has 0 heterocycles. The van der Waals surface area contributed by atoms with Crippen molar-refractivity contribution in [2.24, 2.45) is 0 Å². The van der Waals surface area contributed by atoms with Crippen LogP contribution in [0.3, 0.4) is 0 Å². The van der Waals surface area contributed by atoms with Gasteiger partial charge in [-0.3, -0.25) is 4.79 Å². The SMILES string of the molecule is O=C(O)c1cc(C(=O)O)c(C(=O)N(Cc2ccc(Oc3ccccc3)cc2)Cc2ccc(F)c(F)c2)cc1C(=O)O. The third-order valence-corrected chi connectivity index (χ3v) is 6.00. The van der Waals surface area contributed by atoms with Crippen molar-refractivity contribution in [3.63, 3.8) is 0 Å². The van der Waals surface area contributed by atoms with Crippen molar-refractivity contribution in [3.8, 4) is 11.5 Å². The number of carboxylic acid groups (broad SMARTS) is 3. The van der Waals surface area contributed by atoms with Crippen LogP contribution in [0.2, 0.25) is 0 Å². The van der Waals surface area contributed by atoms with Crippen LogP contribution in [0.4, 0.5) is 8.78 Å². The van der Waals surface area contributed by atoms with Crippen molar-refractivity contribution in [1.82, 2.24) is 4.90 Å². The molecule has 0 spiro atoms. The first-order valence-electron chi connectivity index (χ1n) is 12.0. The highest BCUT2D eigenvalue weighted by Crippen LogP contribution is 2.25. The molecule has 0 unspecified atom stereocenters. The minimum atomic E-state index is -1.69. The van der Waals surface area contributed by atoms with Gasteiger partial charge < -0.3 is 25.0 Å². The summed E-state index contributed by atoms with van der Waals surface area (Å²) in [7, 11) is 0. The molecule has 0 saturated carbocycles. The summed E-state index contributed by atoms with van der Waals surface area (Å²) in [6.07, 6.45) is 0. The molecule has 3 N–H and O–H groups in total. The highest BCUT2D eigenvalue weighted by molar-refractivity contribution is 6.10. The molecule has 0 aliphatic carbocycles. The molecule has 4 aromatic carbocycles. The van der Waals surface area contributed by atoms with Crippen molar-refractivity contribution in [1.29, 1.82) is 0 Å². The van der Waals surface area contributed by atoms with E-state index in [1.54, 1.807) is 48.5 Å². The minimum Gasteiger partial charge on any atom is -0.478 e. The number of nitrogens with zero attached hydrogens (tertiary/aromatic N) is 1. The summed E-state index contributed by atoms with van der Waals surface area (Å²) in [6, 6.07) is 19.8. The summed E-state index contributed by atoms with van der Waals surface area (Å²) in [6.45, 7) is -0.480. The molecule has 0 atom stereocenters. The maximum Gasteiger partial charge on any atom is 0.336 e. The number of ether oxygens (including phenoxy) is 1. The lowest BCUT2D eigenvalue weighted by molar-refractivity contribution is 0.0643. The van der Waals surface area contributed by atoms with Gasteiger partial charge in [-0.15, -0.1) is 0 Å². The van der Waals surface area contributed by atoms with Crippen LogP contribution < -0.4 is 4.74 Å². The van der Waals surface area contributed by atoms with Crippen molar-refractivity contribution in [2.75, 3.05) is 0 Å². The largest absolute Gasteiger partial charge is 0.478 e. The first-order valence-corrected chi connectivity index (χ1v) is 12.0. The van der Waals surface area contributed by atoms with E-state index in [-0.39, 0.29) is 18.7 Å². The molecule has 11 heteroatoms. The molecule has 9 nitrogen and oxygen atoms in total. The molecule has 0 fully saturated rings. The van der Waals surface area contributed by atoms with E-state index in [9.17, 15) is 43.3 Å². The summed E-state index contributed by atoms with van der Waals surface area (Å²) in [4.78, 5) is 50.1. The van der Waals surface area contributed by atoms with Gasteiger partial charge in [0.25, 0.3) is 5.91 Å². The average molecular weight is 561 g/mol. The Hall–Kier alpha value is -5.58. The van der Waals surface area contributed by atoms with E-state index in [1.165, 1.54) is 6.07 Å². The minimum absolute atomic E-state index is 0.161. The molecule has 0 aromatic heterocycles. The molecule has 208 valence electrons. The van der Waals surface area contributed by atoms with Crippen LogP contribution >= 0.6 is 0 Å². The molecule has 0 bridgehead atoms. The van der Waals surface area contributed by atoms with Crippen molar-refractivity contribution >= 4 is 23.8 Å². The Morgan fingerprint density at radius 3 is 1.63 bits per heavy atom. The smallest absolute Gasteiger partial charge is 0.336 e. The van der Waals surface area contributed by atoms with E-state index in [0.717, 1.165) is 17.0 Å². The number of hydrogen-bond acceptors (Lipinski definition) is 5. The number of halogens is 2. The van der Waals surface area contributed by atoms with Gasteiger partial charge in [0.05, 0.1) is 22.3 Å². The summed E-state index contributed by atoms with van der Waals surface area (Å²) in [5.41, 5.74) is -2.22. The second-order valence-electron chi connectivity index (χ2n) is 8.83. The Bertz CT molecular complexity index is 1640. The Morgan fingerprint density at radius 1 is 0.585 bits per heavy atom. The molecule has 0 radical (unpaired) electrons. The standard InChI is InChI=1S/C30H21F2NO8/c31-25-11-8-18(12-26(25)32)16-33(15-17-6-9-20(10-7-17)41-19-4-2-1-3-5-19)27(34)21-13-23(29(37)38)24(30(39)40)14-22(21)28(35)36/h1-14H,15-16H2,(H,35,36)(H,37,38)(H,39,40). The zero-order valence-corrected chi connectivity index (χ0v) is 21.1. The number of benzene rings is 4. The van der Waals surface area contributed by atoms with E-state index in [2.05, 4.69) is 0 Å². The van der Waals surface area contributed by atoms with Crippen LogP contribution in [0.15, 0.2) is 84.9 Å². The fraction of sp³-hybridized carbons (Fsp3) is 0.0667. The van der Waals surface area contributed by atoms with Crippen molar-refractivity contribution in [2.45, 2.75) is 13.1 Å². The Morgan fingerprint density at radius 2 is 1.07 bits per heavy atom. The quantitative estimate of drug-likeness (QED) is 0.224. The van der Waals surface area contributed by atoms with Gasteiger partial charge in [-0.1, -0.05) is 36.4 Å². The lowest BCUT2D eigenvalue weighted by Gasteiger charge is -2.24. The number of aromatic carboxylic acids is 3. The number of rotatable bonds is 10. The highest BCUT2D eigenvalue weighted by Gasteiger charge is 2.28. The van der Waals surface area contributed by atoms with Gasteiger partial charge in [-0.05, 0) is 59.7 Å². The predicted octanol–water partition coefficient (Wildman–Crippen LogP) is 5.69. The van der Waals surface area contributed by atoms with Gasteiger partial charge in [0.1, 0.15) is 11.5 Å². The summed E-state index contributed by atoms with van der Waals surface area (Å²) in [5, 5.41) is 28.6. The van der Waals surface area contributed by atoms with Gasteiger partial charge in [-0.25, -0.2) is 23.2 Å². The van der Waals surface area contributed by atoms with Crippen LogP contribution in [0.5, 0.6) is 11.5 Å². The summed E-state index contributed by atoms with van der Waals surface area (Å²) in [5.74, 6) is -7.21. The molecular weight excluding hydrogens is 540 g/mol. The number of para-hydroxylation sites is 1. The molecule has 0 saturated heterocycles. The fourth-order valence-electron chi connectivity index (χ4n) is 4.04. The first-order chi connectivity index (χ1) is 19.5. The van der Waals surface area contributed by atoms with E-state index in [0.29, 0.717) is 29.2 Å². The van der Waals surface area contributed by atoms with E-state index in [4.69, 9.17) is 4.74 Å². The molecular formula is C30H21F2NO8. The van der Waals surface area contributed by atoms with Crippen molar-refractivity contribution in [3.05, 3.63) is 130 Å². The maximum atomic E-state index is 13.9. The second-order valence-corrected chi connectivity index (χ2v) is 8.83. The highest BCUT2D eigenvalue weighted by atomic mass is 19.2. The summed E-state index contributed by atoms with van der Waals surface area (Å²) >= 11 is 0. The van der Waals surface area contributed by atoms with Crippen LogP contribution in [0.1, 0.15) is 52.6 Å². The molecule has 41 heavy (non-hydrogen) atoms. The normalized spacial score (nSPS) is 10.6. The lowest BCUT2D eigenvalue weighted by Crippen LogP contribution is -2.32. The number of carboxylic acids is 3. The molecule has 0 aliphatic heterocycles. The number of carbonyl (C=O) groups is 4. The van der Waals surface area contributed by atoms with Gasteiger partial charge in [0, 0.05) is 13.1 Å². The van der Waals surface area contributed by atoms with E-state index < -0.39 is 57.7 Å². The molecule has 1 amide bonds. The van der Waals surface area contributed by atoms with E-state index >= 15 is 0 Å². The third-order valence-electron chi connectivity index (χ3n) is 6.00. The maximum absolute atomic E-state index is 13.9. The van der Waals surface area contributed by atoms with Crippen molar-refractivity contribution < 1.29 is 48.0 Å². The fourth-order valence-corrected chi connectivity index (χ4v) is 4.04. The van der Waals surface area contributed by atoms with Gasteiger partial charge in [0.15, 0.2) is 11.6 Å². The topological polar surface area (TPSA) is 141 Å². The van der Waals surface area contributed by atoms with Crippen LogP contribution in [0.25, 0.3) is 0 Å². The van der Waals surface area contributed by atoms with Crippen LogP contribution in [-0.4, -0.2) is 44.0 Å². The third kappa shape index (κ3) is 6.71. The van der Waals surface area contributed by atoms with Crippen LogP contribution in [0, 0.1) is 11.6 Å². The monoisotopic (exact) mass is 561 g/mol. The number of carbonyl (C=O) groups excluding carboxylic acids is 1. The van der Waals surface area contributed by atoms with Crippen LogP contribution in [-0.2, 0) is 13.1 Å².